The molecule has 4 rings (SSSR count). The maximum atomic E-state index is 13.3. The minimum atomic E-state index is -0.316. The Kier molecular flexibility index (Phi) is 4.61. The Morgan fingerprint density at radius 3 is 2.65 bits per heavy atom. The van der Waals surface area contributed by atoms with E-state index in [1.54, 1.807) is 24.5 Å². The van der Waals surface area contributed by atoms with E-state index in [0.29, 0.717) is 17.5 Å². The van der Waals surface area contributed by atoms with Crippen molar-refractivity contribution in [1.29, 1.82) is 0 Å². The summed E-state index contributed by atoms with van der Waals surface area (Å²) in [6.45, 7) is 0. The van der Waals surface area contributed by atoms with E-state index in [1.165, 1.54) is 12.1 Å². The Morgan fingerprint density at radius 1 is 0.885 bits per heavy atom. The molecular weight excluding hydrogens is 444 g/mol. The molecule has 0 aliphatic carbocycles. The van der Waals surface area contributed by atoms with Gasteiger partial charge < -0.3 is 10.6 Å². The molecule has 2 heterocycles. The van der Waals surface area contributed by atoms with Crippen LogP contribution in [0.3, 0.4) is 0 Å². The van der Waals surface area contributed by atoms with Crippen molar-refractivity contribution in [1.82, 2.24) is 15.0 Å². The number of nitrogens with one attached hydrogen (secondary N) is 2. The lowest BCUT2D eigenvalue weighted by atomic mass is 10.2. The number of rotatable bonds is 4. The van der Waals surface area contributed by atoms with Crippen LogP contribution < -0.4 is 10.6 Å². The van der Waals surface area contributed by atoms with Crippen molar-refractivity contribution in [3.8, 4) is 0 Å². The molecule has 0 atom stereocenters. The standard InChI is InChI=1S/C19H13FIN5/c20-13-4-1-5-14(10-13)25-19-23-11-16(21)18(26-19)24-15-6-7-17-12(9-15)3-2-8-22-17/h1-11H,(H2,23,24,25,26). The van der Waals surface area contributed by atoms with Crippen LogP contribution in [0.1, 0.15) is 0 Å². The van der Waals surface area contributed by atoms with Crippen LogP contribution in [0.5, 0.6) is 0 Å². The summed E-state index contributed by atoms with van der Waals surface area (Å²) >= 11 is 2.17. The summed E-state index contributed by atoms with van der Waals surface area (Å²) in [5.41, 5.74) is 2.43. The van der Waals surface area contributed by atoms with E-state index >= 15 is 0 Å². The topological polar surface area (TPSA) is 62.7 Å². The largest absolute Gasteiger partial charge is 0.339 e. The lowest BCUT2D eigenvalue weighted by molar-refractivity contribution is 0.628. The molecule has 0 aliphatic rings. The number of fused-ring (bicyclic) bond motifs is 1. The van der Waals surface area contributed by atoms with Gasteiger partial charge in [0.1, 0.15) is 11.6 Å². The number of benzene rings is 2. The van der Waals surface area contributed by atoms with Gasteiger partial charge in [0.2, 0.25) is 5.95 Å². The Morgan fingerprint density at radius 2 is 1.77 bits per heavy atom. The Bertz CT molecular complexity index is 1090. The maximum absolute atomic E-state index is 13.3. The average molecular weight is 457 g/mol. The summed E-state index contributed by atoms with van der Waals surface area (Å²) in [7, 11) is 0. The van der Waals surface area contributed by atoms with Gasteiger partial charge in [0.05, 0.1) is 9.09 Å². The van der Waals surface area contributed by atoms with Crippen LogP contribution in [0.4, 0.5) is 27.5 Å². The first-order chi connectivity index (χ1) is 12.7. The van der Waals surface area contributed by atoms with Crippen LogP contribution in [0.25, 0.3) is 10.9 Å². The second-order valence-electron chi connectivity index (χ2n) is 5.56. The third-order valence-corrected chi connectivity index (χ3v) is 4.48. The molecule has 0 amide bonds. The van der Waals surface area contributed by atoms with Crippen molar-refractivity contribution in [2.45, 2.75) is 0 Å². The summed E-state index contributed by atoms with van der Waals surface area (Å²) in [6.07, 6.45) is 3.48. The number of anilines is 4. The van der Waals surface area contributed by atoms with Gasteiger partial charge in [-0.1, -0.05) is 12.1 Å². The van der Waals surface area contributed by atoms with Crippen LogP contribution in [-0.4, -0.2) is 15.0 Å². The van der Waals surface area contributed by atoms with Crippen molar-refractivity contribution in [2.24, 2.45) is 0 Å². The highest BCUT2D eigenvalue weighted by atomic mass is 127. The first-order valence-corrected chi connectivity index (χ1v) is 8.92. The molecule has 7 heteroatoms. The van der Waals surface area contributed by atoms with Gasteiger partial charge in [-0.05, 0) is 65.1 Å². The van der Waals surface area contributed by atoms with Crippen LogP contribution in [-0.2, 0) is 0 Å². The SMILES string of the molecule is Fc1cccc(Nc2ncc(I)c(Nc3ccc4ncccc4c3)n2)c1. The van der Waals surface area contributed by atoms with Crippen molar-refractivity contribution in [3.63, 3.8) is 0 Å². The van der Waals surface area contributed by atoms with E-state index in [9.17, 15) is 4.39 Å². The number of nitrogens with zero attached hydrogens (tertiary/aromatic N) is 3. The third kappa shape index (κ3) is 3.72. The third-order valence-electron chi connectivity index (χ3n) is 3.69. The highest BCUT2D eigenvalue weighted by Crippen LogP contribution is 2.24. The second kappa shape index (κ2) is 7.20. The van der Waals surface area contributed by atoms with Gasteiger partial charge in [0.25, 0.3) is 0 Å². The van der Waals surface area contributed by atoms with Gasteiger partial charge in [0.15, 0.2) is 0 Å². The molecule has 2 aromatic heterocycles. The van der Waals surface area contributed by atoms with Crippen molar-refractivity contribution >= 4 is 56.6 Å². The molecule has 2 N–H and O–H groups in total. The zero-order chi connectivity index (χ0) is 17.9. The van der Waals surface area contributed by atoms with E-state index < -0.39 is 0 Å². The van der Waals surface area contributed by atoms with Gasteiger partial charge in [0, 0.05) is 29.2 Å². The zero-order valence-electron chi connectivity index (χ0n) is 13.4. The van der Waals surface area contributed by atoms with Crippen molar-refractivity contribution in [3.05, 3.63) is 76.4 Å². The summed E-state index contributed by atoms with van der Waals surface area (Å²) in [4.78, 5) is 13.1. The number of aromatic nitrogens is 3. The molecule has 4 aromatic rings. The van der Waals surface area contributed by atoms with E-state index in [1.807, 2.05) is 30.3 Å². The van der Waals surface area contributed by atoms with Crippen molar-refractivity contribution < 1.29 is 4.39 Å². The Balaban J connectivity index is 1.61. The van der Waals surface area contributed by atoms with E-state index in [2.05, 4.69) is 48.2 Å². The van der Waals surface area contributed by atoms with Gasteiger partial charge in [-0.3, -0.25) is 4.98 Å². The highest BCUT2D eigenvalue weighted by Gasteiger charge is 2.07. The van der Waals surface area contributed by atoms with E-state index in [-0.39, 0.29) is 5.82 Å². The molecule has 128 valence electrons. The maximum Gasteiger partial charge on any atom is 0.229 e. The lowest BCUT2D eigenvalue weighted by Crippen LogP contribution is -2.03. The predicted molar refractivity (Wildman–Crippen MR) is 109 cm³/mol. The second-order valence-corrected chi connectivity index (χ2v) is 6.72. The van der Waals surface area contributed by atoms with Crippen molar-refractivity contribution in [2.75, 3.05) is 10.6 Å². The highest BCUT2D eigenvalue weighted by molar-refractivity contribution is 14.1. The first kappa shape index (κ1) is 16.6. The predicted octanol–water partition coefficient (Wildman–Crippen LogP) is 5.26. The molecule has 26 heavy (non-hydrogen) atoms. The van der Waals surface area contributed by atoms with Crippen LogP contribution in [0.15, 0.2) is 67.0 Å². The summed E-state index contributed by atoms with van der Waals surface area (Å²) in [6, 6.07) is 16.0. The number of pyridine rings is 1. The Hall–Kier alpha value is -2.81. The fourth-order valence-corrected chi connectivity index (χ4v) is 2.90. The smallest absolute Gasteiger partial charge is 0.229 e. The fraction of sp³-hybridized carbons (Fsp3) is 0. The lowest BCUT2D eigenvalue weighted by Gasteiger charge is -2.11. The minimum Gasteiger partial charge on any atom is -0.339 e. The molecule has 0 saturated heterocycles. The summed E-state index contributed by atoms with van der Waals surface area (Å²) in [5.74, 6) is 0.743. The minimum absolute atomic E-state index is 0.316. The number of hydrogen-bond donors (Lipinski definition) is 2. The molecule has 0 saturated carbocycles. The first-order valence-electron chi connectivity index (χ1n) is 7.84. The quantitative estimate of drug-likeness (QED) is 0.410. The normalized spacial score (nSPS) is 10.7. The molecule has 0 spiro atoms. The molecule has 0 bridgehead atoms. The number of halogens is 2. The van der Waals surface area contributed by atoms with Gasteiger partial charge in [-0.25, -0.2) is 9.37 Å². The van der Waals surface area contributed by atoms with Gasteiger partial charge >= 0.3 is 0 Å². The zero-order valence-corrected chi connectivity index (χ0v) is 15.6. The molecule has 0 radical (unpaired) electrons. The van der Waals surface area contributed by atoms with E-state index in [0.717, 1.165) is 20.2 Å². The van der Waals surface area contributed by atoms with Gasteiger partial charge in [-0.15, -0.1) is 0 Å². The average Bonchev–Trinajstić information content (AvgIpc) is 2.64. The summed E-state index contributed by atoms with van der Waals surface area (Å²) < 4.78 is 14.2. The molecule has 5 nitrogen and oxygen atoms in total. The van der Waals surface area contributed by atoms with Crippen LogP contribution >= 0.6 is 22.6 Å². The molecule has 0 aliphatic heterocycles. The number of hydrogen-bond acceptors (Lipinski definition) is 5. The Labute approximate surface area is 162 Å². The van der Waals surface area contributed by atoms with Crippen LogP contribution in [0, 0.1) is 9.39 Å². The van der Waals surface area contributed by atoms with E-state index in [4.69, 9.17) is 0 Å². The fourth-order valence-electron chi connectivity index (χ4n) is 2.50. The molecule has 0 unspecified atom stereocenters. The molecular formula is C19H13FIN5. The van der Waals surface area contributed by atoms with Crippen LogP contribution in [0.2, 0.25) is 0 Å². The monoisotopic (exact) mass is 457 g/mol. The molecule has 0 fully saturated rings. The summed E-state index contributed by atoms with van der Waals surface area (Å²) in [5, 5.41) is 7.35. The van der Waals surface area contributed by atoms with Gasteiger partial charge in [-0.2, -0.15) is 4.98 Å². The molecule has 2 aromatic carbocycles.